The van der Waals surface area contributed by atoms with E-state index in [-0.39, 0.29) is 11.8 Å². The predicted octanol–water partition coefficient (Wildman–Crippen LogP) is 2.33. The molecule has 15 heavy (non-hydrogen) atoms. The molecule has 0 bridgehead atoms. The number of rotatable bonds is 5. The maximum absolute atomic E-state index is 11.8. The van der Waals surface area contributed by atoms with Gasteiger partial charge in [-0.15, -0.1) is 0 Å². The molecule has 0 aromatic rings. The highest BCUT2D eigenvalue weighted by atomic mass is 16.5. The van der Waals surface area contributed by atoms with Crippen molar-refractivity contribution in [1.82, 2.24) is 0 Å². The van der Waals surface area contributed by atoms with E-state index in [9.17, 15) is 9.59 Å². The highest BCUT2D eigenvalue weighted by molar-refractivity contribution is 6.04. The Morgan fingerprint density at radius 2 is 1.93 bits per heavy atom. The average molecular weight is 212 g/mol. The quantitative estimate of drug-likeness (QED) is 0.519. The van der Waals surface area contributed by atoms with Crippen LogP contribution in [0.3, 0.4) is 0 Å². The summed E-state index contributed by atoms with van der Waals surface area (Å²) in [4.78, 5) is 23.4. The smallest absolute Gasteiger partial charge is 0.319 e. The Morgan fingerprint density at radius 3 is 2.33 bits per heavy atom. The molecular weight excluding hydrogens is 192 g/mol. The lowest BCUT2D eigenvalue weighted by atomic mass is 9.58. The highest BCUT2D eigenvalue weighted by Gasteiger charge is 2.54. The van der Waals surface area contributed by atoms with Gasteiger partial charge in [0.05, 0.1) is 7.11 Å². The number of ketones is 1. The SMILES string of the molecule is CCCC1CC(C(=O)CC)(C(=O)OC)C1. The van der Waals surface area contributed by atoms with Gasteiger partial charge in [0.25, 0.3) is 0 Å². The lowest BCUT2D eigenvalue weighted by Crippen LogP contribution is -2.50. The minimum absolute atomic E-state index is 0.0432. The summed E-state index contributed by atoms with van der Waals surface area (Å²) in [6.07, 6.45) is 4.03. The Kier molecular flexibility index (Phi) is 3.89. The van der Waals surface area contributed by atoms with Gasteiger partial charge in [-0.1, -0.05) is 26.7 Å². The molecule has 0 radical (unpaired) electrons. The van der Waals surface area contributed by atoms with Crippen LogP contribution in [0.1, 0.15) is 46.0 Å². The molecule has 1 aliphatic rings. The number of ether oxygens (including phenoxy) is 1. The van der Waals surface area contributed by atoms with Crippen LogP contribution in [-0.4, -0.2) is 18.9 Å². The van der Waals surface area contributed by atoms with Crippen molar-refractivity contribution < 1.29 is 14.3 Å². The summed E-state index contributed by atoms with van der Waals surface area (Å²) in [5.41, 5.74) is -0.788. The first-order valence-corrected chi connectivity index (χ1v) is 5.72. The summed E-state index contributed by atoms with van der Waals surface area (Å²) < 4.78 is 4.75. The van der Waals surface area contributed by atoms with Gasteiger partial charge >= 0.3 is 5.97 Å². The molecule has 0 unspecified atom stereocenters. The summed E-state index contributed by atoms with van der Waals surface area (Å²) in [6, 6.07) is 0. The van der Waals surface area contributed by atoms with Crippen LogP contribution in [0.2, 0.25) is 0 Å². The van der Waals surface area contributed by atoms with Crippen LogP contribution in [0.4, 0.5) is 0 Å². The zero-order valence-electron chi connectivity index (χ0n) is 9.84. The molecule has 1 rings (SSSR count). The fraction of sp³-hybridized carbons (Fsp3) is 0.833. The summed E-state index contributed by atoms with van der Waals surface area (Å²) in [5.74, 6) is 0.244. The zero-order valence-corrected chi connectivity index (χ0v) is 9.84. The fourth-order valence-corrected chi connectivity index (χ4v) is 2.58. The standard InChI is InChI=1S/C12H20O3/c1-4-6-9-7-12(8-9,10(13)5-2)11(14)15-3/h9H,4-8H2,1-3H3. The van der Waals surface area contributed by atoms with Gasteiger partial charge in [0.2, 0.25) is 0 Å². The second kappa shape index (κ2) is 4.77. The molecule has 0 aromatic carbocycles. The van der Waals surface area contributed by atoms with Crippen molar-refractivity contribution in [2.45, 2.75) is 46.0 Å². The maximum atomic E-state index is 11.8. The van der Waals surface area contributed by atoms with Crippen molar-refractivity contribution in [3.05, 3.63) is 0 Å². The molecule has 0 aliphatic heterocycles. The molecule has 0 atom stereocenters. The largest absolute Gasteiger partial charge is 0.468 e. The molecule has 0 N–H and O–H groups in total. The van der Waals surface area contributed by atoms with Crippen molar-refractivity contribution in [3.8, 4) is 0 Å². The number of carbonyl (C=O) groups excluding carboxylic acids is 2. The van der Waals surface area contributed by atoms with Gasteiger partial charge in [-0.05, 0) is 18.8 Å². The van der Waals surface area contributed by atoms with E-state index in [0.717, 1.165) is 12.8 Å². The molecule has 86 valence electrons. The Labute approximate surface area is 91.2 Å². The number of hydrogen-bond donors (Lipinski definition) is 0. The molecule has 0 aromatic heterocycles. The van der Waals surface area contributed by atoms with E-state index < -0.39 is 5.41 Å². The van der Waals surface area contributed by atoms with Crippen molar-refractivity contribution in [2.24, 2.45) is 11.3 Å². The number of esters is 1. The summed E-state index contributed by atoms with van der Waals surface area (Å²) in [6.45, 7) is 3.93. The van der Waals surface area contributed by atoms with Crippen LogP contribution in [0.5, 0.6) is 0 Å². The van der Waals surface area contributed by atoms with Crippen LogP contribution >= 0.6 is 0 Å². The van der Waals surface area contributed by atoms with Gasteiger partial charge in [0.1, 0.15) is 11.2 Å². The van der Waals surface area contributed by atoms with Crippen LogP contribution < -0.4 is 0 Å². The molecule has 1 fully saturated rings. The monoisotopic (exact) mass is 212 g/mol. The van der Waals surface area contributed by atoms with Crippen molar-refractivity contribution in [2.75, 3.05) is 7.11 Å². The average Bonchev–Trinajstić information content (AvgIpc) is 2.20. The van der Waals surface area contributed by atoms with E-state index in [1.165, 1.54) is 7.11 Å². The van der Waals surface area contributed by atoms with Gasteiger partial charge in [-0.25, -0.2) is 0 Å². The van der Waals surface area contributed by atoms with Crippen LogP contribution in [-0.2, 0) is 14.3 Å². The minimum atomic E-state index is -0.788. The molecule has 0 amide bonds. The topological polar surface area (TPSA) is 43.4 Å². The summed E-state index contributed by atoms with van der Waals surface area (Å²) >= 11 is 0. The normalized spacial score (nSPS) is 29.4. The third-order valence-corrected chi connectivity index (χ3v) is 3.40. The molecule has 0 saturated heterocycles. The molecule has 0 heterocycles. The molecule has 1 saturated carbocycles. The molecular formula is C12H20O3. The third-order valence-electron chi connectivity index (χ3n) is 3.40. The second-order valence-corrected chi connectivity index (χ2v) is 4.41. The molecule has 1 aliphatic carbocycles. The molecule has 3 heteroatoms. The first-order valence-electron chi connectivity index (χ1n) is 5.72. The number of hydrogen-bond acceptors (Lipinski definition) is 3. The van der Waals surface area contributed by atoms with E-state index in [4.69, 9.17) is 4.74 Å². The van der Waals surface area contributed by atoms with Gasteiger partial charge in [0.15, 0.2) is 0 Å². The summed E-state index contributed by atoms with van der Waals surface area (Å²) in [5, 5.41) is 0. The second-order valence-electron chi connectivity index (χ2n) is 4.41. The third kappa shape index (κ3) is 2.06. The predicted molar refractivity (Wildman–Crippen MR) is 57.4 cm³/mol. The minimum Gasteiger partial charge on any atom is -0.468 e. The van der Waals surface area contributed by atoms with Crippen molar-refractivity contribution in [3.63, 3.8) is 0 Å². The molecule has 3 nitrogen and oxygen atoms in total. The molecule has 0 spiro atoms. The Balaban J connectivity index is 2.67. The first-order chi connectivity index (χ1) is 7.10. The number of carbonyl (C=O) groups is 2. The Bertz CT molecular complexity index is 234. The van der Waals surface area contributed by atoms with Gasteiger partial charge < -0.3 is 4.74 Å². The number of Topliss-reactive ketones (excluding diaryl/α,β-unsaturated/α-hetero) is 1. The van der Waals surface area contributed by atoms with Gasteiger partial charge in [0, 0.05) is 6.42 Å². The lowest BCUT2D eigenvalue weighted by Gasteiger charge is -2.44. The maximum Gasteiger partial charge on any atom is 0.319 e. The van der Waals surface area contributed by atoms with Gasteiger partial charge in [-0.2, -0.15) is 0 Å². The fourth-order valence-electron chi connectivity index (χ4n) is 2.58. The number of methoxy groups -OCH3 is 1. The Hall–Kier alpha value is -0.860. The van der Waals surface area contributed by atoms with E-state index in [0.29, 0.717) is 25.2 Å². The summed E-state index contributed by atoms with van der Waals surface area (Å²) in [7, 11) is 1.36. The van der Waals surface area contributed by atoms with Crippen LogP contribution in [0.25, 0.3) is 0 Å². The van der Waals surface area contributed by atoms with Crippen LogP contribution in [0.15, 0.2) is 0 Å². The van der Waals surface area contributed by atoms with Crippen molar-refractivity contribution >= 4 is 11.8 Å². The van der Waals surface area contributed by atoms with Gasteiger partial charge in [-0.3, -0.25) is 9.59 Å². The van der Waals surface area contributed by atoms with Crippen molar-refractivity contribution in [1.29, 1.82) is 0 Å². The van der Waals surface area contributed by atoms with E-state index in [2.05, 4.69) is 6.92 Å². The van der Waals surface area contributed by atoms with E-state index in [1.54, 1.807) is 6.92 Å². The highest BCUT2D eigenvalue weighted by Crippen LogP contribution is 2.49. The van der Waals surface area contributed by atoms with E-state index in [1.807, 2.05) is 0 Å². The zero-order chi connectivity index (χ0) is 11.5. The lowest BCUT2D eigenvalue weighted by molar-refractivity contribution is -0.168. The Morgan fingerprint density at radius 1 is 1.33 bits per heavy atom. The van der Waals surface area contributed by atoms with E-state index >= 15 is 0 Å². The first kappa shape index (κ1) is 12.2. The van der Waals surface area contributed by atoms with Crippen LogP contribution in [0, 0.1) is 11.3 Å².